The summed E-state index contributed by atoms with van der Waals surface area (Å²) in [6, 6.07) is 18.4. The van der Waals surface area contributed by atoms with E-state index in [4.69, 9.17) is 9.47 Å². The van der Waals surface area contributed by atoms with Crippen molar-refractivity contribution in [2.45, 2.75) is 13.8 Å². The summed E-state index contributed by atoms with van der Waals surface area (Å²) in [6.07, 6.45) is 0. The monoisotopic (exact) mass is 378 g/mol. The number of ether oxygens (including phenoxy) is 2. The predicted molar refractivity (Wildman–Crippen MR) is 108 cm³/mol. The number of nitrogens with zero attached hydrogens (tertiary/aromatic N) is 2. The fraction of sp³-hybridized carbons (Fsp3) is 0.190. The van der Waals surface area contributed by atoms with Gasteiger partial charge in [-0.1, -0.05) is 17.7 Å². The van der Waals surface area contributed by atoms with Gasteiger partial charge in [-0.25, -0.2) is 0 Å². The van der Waals surface area contributed by atoms with Crippen LogP contribution in [0.15, 0.2) is 60.7 Å². The lowest BCUT2D eigenvalue weighted by molar-refractivity contribution is -0.118. The van der Waals surface area contributed by atoms with Crippen molar-refractivity contribution >= 4 is 23.2 Å². The van der Waals surface area contributed by atoms with Gasteiger partial charge in [0.2, 0.25) is 0 Å². The molecule has 2 aromatic carbocycles. The van der Waals surface area contributed by atoms with E-state index in [1.54, 1.807) is 12.1 Å². The Labute approximate surface area is 163 Å². The Morgan fingerprint density at radius 1 is 0.857 bits per heavy atom. The summed E-state index contributed by atoms with van der Waals surface area (Å²) in [5, 5.41) is 13.9. The van der Waals surface area contributed by atoms with Crippen LogP contribution in [0.5, 0.6) is 11.5 Å². The molecule has 0 bridgehead atoms. The number of carbonyl (C=O) groups excluding carboxylic acids is 1. The molecule has 0 atom stereocenters. The molecule has 0 saturated carbocycles. The molecule has 0 aliphatic heterocycles. The second-order valence-corrected chi connectivity index (χ2v) is 6.04. The van der Waals surface area contributed by atoms with Crippen molar-refractivity contribution < 1.29 is 14.3 Å². The maximum Gasteiger partial charge on any atom is 0.263 e. The largest absolute Gasteiger partial charge is 0.494 e. The minimum Gasteiger partial charge on any atom is -0.494 e. The number of hydrogen-bond donors (Lipinski definition) is 2. The maximum absolute atomic E-state index is 12.0. The zero-order valence-corrected chi connectivity index (χ0v) is 15.8. The maximum atomic E-state index is 12.0. The molecular formula is C21H22N4O3. The van der Waals surface area contributed by atoms with E-state index in [9.17, 15) is 4.79 Å². The van der Waals surface area contributed by atoms with Crippen LogP contribution in [-0.4, -0.2) is 29.3 Å². The van der Waals surface area contributed by atoms with Crippen molar-refractivity contribution in [1.82, 2.24) is 10.2 Å². The number of aromatic nitrogens is 2. The van der Waals surface area contributed by atoms with Crippen molar-refractivity contribution in [2.75, 3.05) is 23.8 Å². The summed E-state index contributed by atoms with van der Waals surface area (Å²) >= 11 is 0. The highest BCUT2D eigenvalue weighted by Gasteiger charge is 2.06. The molecule has 0 aliphatic rings. The highest BCUT2D eigenvalue weighted by atomic mass is 16.5. The minimum absolute atomic E-state index is 0.100. The number of nitrogens with one attached hydrogen (secondary N) is 2. The molecule has 0 saturated heterocycles. The standard InChI is InChI=1S/C21H22N4O3/c1-3-27-17-10-6-16(7-11-17)22-19-12-13-20(25-24-19)23-21(26)14-28-18-8-4-15(2)5-9-18/h4-13H,3,14H2,1-2H3,(H,22,24)(H,23,25,26). The summed E-state index contributed by atoms with van der Waals surface area (Å²) in [7, 11) is 0. The lowest BCUT2D eigenvalue weighted by Crippen LogP contribution is -2.21. The predicted octanol–water partition coefficient (Wildman–Crippen LogP) is 3.94. The molecule has 1 heterocycles. The van der Waals surface area contributed by atoms with Crippen LogP contribution in [0, 0.1) is 6.92 Å². The SMILES string of the molecule is CCOc1ccc(Nc2ccc(NC(=O)COc3ccc(C)cc3)nn2)cc1. The minimum atomic E-state index is -0.304. The number of aryl methyl sites for hydroxylation is 1. The second-order valence-electron chi connectivity index (χ2n) is 6.04. The van der Waals surface area contributed by atoms with E-state index in [0.717, 1.165) is 17.0 Å². The highest BCUT2D eigenvalue weighted by Crippen LogP contribution is 2.19. The molecule has 3 rings (SSSR count). The molecule has 0 unspecified atom stereocenters. The van der Waals surface area contributed by atoms with Crippen LogP contribution in [0.2, 0.25) is 0 Å². The molecule has 1 amide bonds. The molecule has 0 radical (unpaired) electrons. The molecule has 3 aromatic rings. The smallest absolute Gasteiger partial charge is 0.263 e. The van der Waals surface area contributed by atoms with Gasteiger partial charge in [0.1, 0.15) is 11.5 Å². The molecule has 2 N–H and O–H groups in total. The van der Waals surface area contributed by atoms with Crippen LogP contribution in [0.3, 0.4) is 0 Å². The van der Waals surface area contributed by atoms with Crippen LogP contribution in [0.25, 0.3) is 0 Å². The van der Waals surface area contributed by atoms with Gasteiger partial charge in [-0.05, 0) is 62.4 Å². The van der Waals surface area contributed by atoms with E-state index in [1.165, 1.54) is 0 Å². The van der Waals surface area contributed by atoms with E-state index < -0.39 is 0 Å². The topological polar surface area (TPSA) is 85.4 Å². The summed E-state index contributed by atoms with van der Waals surface area (Å²) in [5.74, 6) is 2.07. The fourth-order valence-corrected chi connectivity index (χ4v) is 2.38. The van der Waals surface area contributed by atoms with Crippen LogP contribution in [0.4, 0.5) is 17.3 Å². The summed E-state index contributed by atoms with van der Waals surface area (Å²) in [5.41, 5.74) is 1.99. The summed E-state index contributed by atoms with van der Waals surface area (Å²) in [6.45, 7) is 4.46. The fourth-order valence-electron chi connectivity index (χ4n) is 2.38. The number of hydrogen-bond acceptors (Lipinski definition) is 6. The summed E-state index contributed by atoms with van der Waals surface area (Å²) < 4.78 is 10.9. The molecule has 144 valence electrons. The van der Waals surface area contributed by atoms with Crippen LogP contribution >= 0.6 is 0 Å². The van der Waals surface area contributed by atoms with Crippen molar-refractivity contribution in [2.24, 2.45) is 0 Å². The Morgan fingerprint density at radius 3 is 2.11 bits per heavy atom. The Bertz CT molecular complexity index is 894. The average molecular weight is 378 g/mol. The molecule has 0 aliphatic carbocycles. The summed E-state index contributed by atoms with van der Waals surface area (Å²) in [4.78, 5) is 12.0. The Hall–Kier alpha value is -3.61. The van der Waals surface area contributed by atoms with Crippen molar-refractivity contribution in [3.8, 4) is 11.5 Å². The lowest BCUT2D eigenvalue weighted by atomic mass is 10.2. The number of anilines is 3. The van der Waals surface area contributed by atoms with Gasteiger partial charge in [0, 0.05) is 5.69 Å². The van der Waals surface area contributed by atoms with E-state index in [0.29, 0.717) is 24.0 Å². The highest BCUT2D eigenvalue weighted by molar-refractivity contribution is 5.90. The van der Waals surface area contributed by atoms with Gasteiger partial charge in [-0.15, -0.1) is 10.2 Å². The normalized spacial score (nSPS) is 10.2. The number of rotatable bonds is 8. The Morgan fingerprint density at radius 2 is 1.46 bits per heavy atom. The number of amides is 1. The van der Waals surface area contributed by atoms with Gasteiger partial charge < -0.3 is 20.1 Å². The number of benzene rings is 2. The molecule has 7 heteroatoms. The van der Waals surface area contributed by atoms with Crippen molar-refractivity contribution in [1.29, 1.82) is 0 Å². The average Bonchev–Trinajstić information content (AvgIpc) is 2.71. The quantitative estimate of drug-likeness (QED) is 0.617. The third kappa shape index (κ3) is 5.70. The van der Waals surface area contributed by atoms with Crippen molar-refractivity contribution in [3.63, 3.8) is 0 Å². The first kappa shape index (κ1) is 19.2. The Kier molecular flexibility index (Phi) is 6.41. The van der Waals surface area contributed by atoms with Gasteiger partial charge in [0.25, 0.3) is 5.91 Å². The first-order chi connectivity index (χ1) is 13.6. The first-order valence-corrected chi connectivity index (χ1v) is 8.95. The van der Waals surface area contributed by atoms with E-state index >= 15 is 0 Å². The van der Waals surface area contributed by atoms with Crippen LogP contribution in [-0.2, 0) is 4.79 Å². The number of carbonyl (C=O) groups is 1. The van der Waals surface area contributed by atoms with E-state index in [2.05, 4.69) is 20.8 Å². The molecule has 28 heavy (non-hydrogen) atoms. The molecule has 7 nitrogen and oxygen atoms in total. The zero-order valence-electron chi connectivity index (χ0n) is 15.8. The van der Waals surface area contributed by atoms with E-state index in [-0.39, 0.29) is 12.5 Å². The molecule has 1 aromatic heterocycles. The van der Waals surface area contributed by atoms with Gasteiger partial charge in [-0.2, -0.15) is 0 Å². The van der Waals surface area contributed by atoms with Gasteiger partial charge >= 0.3 is 0 Å². The zero-order chi connectivity index (χ0) is 19.8. The molecule has 0 fully saturated rings. The Balaban J connectivity index is 1.49. The third-order valence-electron chi connectivity index (χ3n) is 3.76. The van der Waals surface area contributed by atoms with Crippen molar-refractivity contribution in [3.05, 3.63) is 66.2 Å². The molecule has 0 spiro atoms. The third-order valence-corrected chi connectivity index (χ3v) is 3.76. The van der Waals surface area contributed by atoms with Crippen LogP contribution in [0.1, 0.15) is 12.5 Å². The second kappa shape index (κ2) is 9.36. The van der Waals surface area contributed by atoms with Gasteiger partial charge in [0.15, 0.2) is 18.2 Å². The van der Waals surface area contributed by atoms with Gasteiger partial charge in [-0.3, -0.25) is 4.79 Å². The molecular weight excluding hydrogens is 356 g/mol. The first-order valence-electron chi connectivity index (χ1n) is 8.95. The van der Waals surface area contributed by atoms with Gasteiger partial charge in [0.05, 0.1) is 6.61 Å². The lowest BCUT2D eigenvalue weighted by Gasteiger charge is -2.09. The van der Waals surface area contributed by atoms with Crippen LogP contribution < -0.4 is 20.1 Å². The van der Waals surface area contributed by atoms with E-state index in [1.807, 2.05) is 62.4 Å².